The third-order valence-electron chi connectivity index (χ3n) is 4.71. The molecule has 2 aromatic rings. The number of anilines is 1. The van der Waals surface area contributed by atoms with Gasteiger partial charge in [-0.05, 0) is 6.07 Å². The van der Waals surface area contributed by atoms with E-state index < -0.39 is 22.4 Å². The number of non-ortho nitro benzene ring substituents is 1. The van der Waals surface area contributed by atoms with Crippen molar-refractivity contribution >= 4 is 11.4 Å². The van der Waals surface area contributed by atoms with Crippen LogP contribution in [0.25, 0.3) is 0 Å². The number of ether oxygens (including phenoxy) is 1. The minimum absolute atomic E-state index is 0.0293. The summed E-state index contributed by atoms with van der Waals surface area (Å²) in [7, 11) is 0. The highest BCUT2D eigenvalue weighted by Crippen LogP contribution is 2.52. The molecule has 1 aromatic carbocycles. The molecule has 1 unspecified atom stereocenters. The van der Waals surface area contributed by atoms with Crippen molar-refractivity contribution in [2.75, 3.05) is 11.9 Å². The average Bonchev–Trinajstić information content (AvgIpc) is 3.02. The molecule has 10 heteroatoms. The lowest BCUT2D eigenvalue weighted by molar-refractivity contribution is -0.384. The van der Waals surface area contributed by atoms with Crippen molar-refractivity contribution in [1.82, 2.24) is 0 Å². The second-order valence-electron chi connectivity index (χ2n) is 6.09. The standard InChI is InChI=1S/C17H12N4O6/c18-5-11-16(19)27-14-13(23)4-9(6-22)26-15(14)17(11)7-20-12-2-1-8(21(24)25)3-10(12)17/h1-4,20,22H,6-7,19H2. The number of fused-ring (bicyclic) bond motifs is 4. The molecule has 136 valence electrons. The summed E-state index contributed by atoms with van der Waals surface area (Å²) in [6.07, 6.45) is 0. The van der Waals surface area contributed by atoms with Crippen molar-refractivity contribution in [3.63, 3.8) is 0 Å². The number of nitriles is 1. The fourth-order valence-electron chi connectivity index (χ4n) is 3.52. The van der Waals surface area contributed by atoms with Crippen molar-refractivity contribution < 1.29 is 19.2 Å². The first-order valence-corrected chi connectivity index (χ1v) is 7.81. The Labute approximate surface area is 151 Å². The van der Waals surface area contributed by atoms with Gasteiger partial charge in [0.1, 0.15) is 29.4 Å². The molecule has 4 N–H and O–H groups in total. The van der Waals surface area contributed by atoms with Crippen LogP contribution >= 0.6 is 0 Å². The number of nitro benzene ring substituents is 1. The second-order valence-corrected chi connectivity index (χ2v) is 6.09. The molecule has 3 heterocycles. The van der Waals surface area contributed by atoms with E-state index in [1.165, 1.54) is 18.2 Å². The molecule has 1 aromatic heterocycles. The van der Waals surface area contributed by atoms with E-state index in [1.54, 1.807) is 0 Å². The minimum atomic E-state index is -1.39. The molecule has 1 spiro atoms. The van der Waals surface area contributed by atoms with Crippen LogP contribution in [0.4, 0.5) is 11.4 Å². The molecule has 0 bridgehead atoms. The van der Waals surface area contributed by atoms with Crippen molar-refractivity contribution in [2.45, 2.75) is 12.0 Å². The molecule has 2 aliphatic rings. The zero-order valence-corrected chi connectivity index (χ0v) is 13.7. The number of hydrogen-bond acceptors (Lipinski definition) is 9. The van der Waals surface area contributed by atoms with E-state index in [-0.39, 0.29) is 41.0 Å². The molecular formula is C17H12N4O6. The SMILES string of the molecule is N#CC1=C(N)Oc2c(oc(CO)cc2=O)C12CNc1ccc([N+](=O)[O-])cc12. The number of aliphatic hydroxyl groups is 1. The predicted molar refractivity (Wildman–Crippen MR) is 90.7 cm³/mol. The number of aliphatic hydroxyl groups excluding tert-OH is 1. The maximum absolute atomic E-state index is 12.4. The van der Waals surface area contributed by atoms with Crippen LogP contribution in [-0.2, 0) is 12.0 Å². The van der Waals surface area contributed by atoms with Crippen LogP contribution in [0.2, 0.25) is 0 Å². The summed E-state index contributed by atoms with van der Waals surface area (Å²) >= 11 is 0. The van der Waals surface area contributed by atoms with Gasteiger partial charge in [-0.15, -0.1) is 0 Å². The van der Waals surface area contributed by atoms with Crippen LogP contribution in [-0.4, -0.2) is 16.6 Å². The quantitative estimate of drug-likeness (QED) is 0.514. The Morgan fingerprint density at radius 3 is 2.89 bits per heavy atom. The first-order valence-electron chi connectivity index (χ1n) is 7.81. The molecule has 27 heavy (non-hydrogen) atoms. The highest BCUT2D eigenvalue weighted by Gasteiger charge is 2.53. The maximum atomic E-state index is 12.4. The normalized spacial score (nSPS) is 19.7. The molecule has 0 aliphatic carbocycles. The van der Waals surface area contributed by atoms with Crippen LogP contribution < -0.4 is 21.2 Å². The molecular weight excluding hydrogens is 356 g/mol. The van der Waals surface area contributed by atoms with Gasteiger partial charge in [-0.25, -0.2) is 0 Å². The fourth-order valence-corrected chi connectivity index (χ4v) is 3.52. The summed E-state index contributed by atoms with van der Waals surface area (Å²) in [6.45, 7) is -0.476. The van der Waals surface area contributed by atoms with E-state index >= 15 is 0 Å². The lowest BCUT2D eigenvalue weighted by Crippen LogP contribution is -2.40. The zero-order valence-electron chi connectivity index (χ0n) is 13.7. The number of rotatable bonds is 2. The second kappa shape index (κ2) is 5.58. The first kappa shape index (κ1) is 16.6. The highest BCUT2D eigenvalue weighted by molar-refractivity contribution is 5.73. The number of benzene rings is 1. The van der Waals surface area contributed by atoms with Gasteiger partial charge in [0.2, 0.25) is 17.1 Å². The van der Waals surface area contributed by atoms with Gasteiger partial charge in [-0.1, -0.05) is 0 Å². The summed E-state index contributed by atoms with van der Waals surface area (Å²) in [4.78, 5) is 23.1. The van der Waals surface area contributed by atoms with Gasteiger partial charge in [-0.2, -0.15) is 5.26 Å². The van der Waals surface area contributed by atoms with Crippen molar-refractivity contribution in [1.29, 1.82) is 5.26 Å². The topological polar surface area (TPSA) is 165 Å². The number of nitro groups is 1. The summed E-state index contributed by atoms with van der Waals surface area (Å²) in [6, 6.07) is 7.17. The zero-order chi connectivity index (χ0) is 19.3. The molecule has 2 aliphatic heterocycles. The van der Waals surface area contributed by atoms with E-state index in [0.717, 1.165) is 6.07 Å². The molecule has 0 amide bonds. The molecule has 4 rings (SSSR count). The Morgan fingerprint density at radius 2 is 2.22 bits per heavy atom. The Bertz CT molecular complexity index is 1130. The molecule has 0 radical (unpaired) electrons. The number of nitrogens with zero attached hydrogens (tertiary/aromatic N) is 2. The van der Waals surface area contributed by atoms with Gasteiger partial charge in [0.15, 0.2) is 5.76 Å². The Morgan fingerprint density at radius 1 is 1.44 bits per heavy atom. The smallest absolute Gasteiger partial charge is 0.269 e. The lowest BCUT2D eigenvalue weighted by Gasteiger charge is -2.33. The van der Waals surface area contributed by atoms with Gasteiger partial charge in [-0.3, -0.25) is 14.9 Å². The fraction of sp³-hybridized carbons (Fsp3) is 0.176. The average molecular weight is 368 g/mol. The third kappa shape index (κ3) is 2.12. The van der Waals surface area contributed by atoms with Crippen LogP contribution in [0.1, 0.15) is 17.1 Å². The predicted octanol–water partition coefficient (Wildman–Crippen LogP) is 0.838. The summed E-state index contributed by atoms with van der Waals surface area (Å²) in [5, 5.41) is 33.4. The van der Waals surface area contributed by atoms with Gasteiger partial charge in [0.05, 0.1) is 4.92 Å². The first-order chi connectivity index (χ1) is 12.9. The van der Waals surface area contributed by atoms with Gasteiger partial charge < -0.3 is 25.3 Å². The molecule has 1 atom stereocenters. The molecule has 0 saturated carbocycles. The van der Waals surface area contributed by atoms with Gasteiger partial charge >= 0.3 is 0 Å². The summed E-state index contributed by atoms with van der Waals surface area (Å²) in [5.41, 5.74) is 4.58. The van der Waals surface area contributed by atoms with Crippen LogP contribution in [0.5, 0.6) is 5.75 Å². The number of nitrogens with one attached hydrogen (secondary N) is 1. The monoisotopic (exact) mass is 368 g/mol. The summed E-state index contributed by atoms with van der Waals surface area (Å²) in [5.74, 6) is -0.560. The van der Waals surface area contributed by atoms with Crippen LogP contribution in [0, 0.1) is 21.4 Å². The van der Waals surface area contributed by atoms with Crippen LogP contribution in [0.3, 0.4) is 0 Å². The third-order valence-corrected chi connectivity index (χ3v) is 4.71. The largest absolute Gasteiger partial charge is 0.458 e. The van der Waals surface area contributed by atoms with E-state index in [9.17, 15) is 25.3 Å². The number of hydrogen-bond donors (Lipinski definition) is 3. The van der Waals surface area contributed by atoms with E-state index in [4.69, 9.17) is 14.9 Å². The van der Waals surface area contributed by atoms with Gasteiger partial charge in [0, 0.05) is 36.0 Å². The molecule has 10 nitrogen and oxygen atoms in total. The van der Waals surface area contributed by atoms with E-state index in [0.29, 0.717) is 11.3 Å². The Kier molecular flexibility index (Phi) is 3.44. The lowest BCUT2D eigenvalue weighted by atomic mass is 9.72. The van der Waals surface area contributed by atoms with Crippen molar-refractivity contribution in [2.24, 2.45) is 5.73 Å². The summed E-state index contributed by atoms with van der Waals surface area (Å²) < 4.78 is 11.0. The van der Waals surface area contributed by atoms with Crippen molar-refractivity contribution in [3.8, 4) is 11.8 Å². The van der Waals surface area contributed by atoms with Crippen molar-refractivity contribution in [3.05, 3.63) is 73.1 Å². The van der Waals surface area contributed by atoms with Crippen LogP contribution in [0.15, 0.2) is 44.9 Å². The molecule has 0 fully saturated rings. The van der Waals surface area contributed by atoms with Gasteiger partial charge in [0.25, 0.3) is 5.69 Å². The maximum Gasteiger partial charge on any atom is 0.269 e. The molecule has 0 saturated heterocycles. The van der Waals surface area contributed by atoms with E-state index in [2.05, 4.69) is 5.32 Å². The van der Waals surface area contributed by atoms with E-state index in [1.807, 2.05) is 6.07 Å². The highest BCUT2D eigenvalue weighted by atomic mass is 16.6. The Hall–Kier alpha value is -3.84. The number of nitrogens with two attached hydrogens (primary N) is 1. The minimum Gasteiger partial charge on any atom is -0.458 e. The Balaban J connectivity index is 2.12.